The molecule has 1 unspecified atom stereocenters. The fraction of sp³-hybridized carbons (Fsp3) is 0.833. The van der Waals surface area contributed by atoms with Gasteiger partial charge in [-0.2, -0.15) is 8.42 Å². The summed E-state index contributed by atoms with van der Waals surface area (Å²) in [6.45, 7) is 7.90. The SMILES string of the molecule is CCOC(=O)OC(C(C)C)[C@@](O)(C(=O)O)C(C)(C)COS(=O)(=O)CCCNC(C)=O. The van der Waals surface area contributed by atoms with Crippen molar-refractivity contribution in [3.05, 3.63) is 0 Å². The van der Waals surface area contributed by atoms with Crippen LogP contribution in [0.3, 0.4) is 0 Å². The zero-order valence-corrected chi connectivity index (χ0v) is 19.1. The molecule has 0 rings (SSSR count). The predicted molar refractivity (Wildman–Crippen MR) is 106 cm³/mol. The zero-order valence-electron chi connectivity index (χ0n) is 18.3. The number of carboxylic acid groups (broad SMARTS) is 1. The fourth-order valence-corrected chi connectivity index (χ4v) is 3.76. The van der Waals surface area contributed by atoms with Crippen LogP contribution in [0.25, 0.3) is 0 Å². The lowest BCUT2D eigenvalue weighted by molar-refractivity contribution is -0.206. The number of hydrogen-bond donors (Lipinski definition) is 3. The molecular formula is C18H33NO10S. The highest BCUT2D eigenvalue weighted by atomic mass is 32.2. The molecule has 11 nitrogen and oxygen atoms in total. The van der Waals surface area contributed by atoms with Crippen LogP contribution < -0.4 is 5.32 Å². The van der Waals surface area contributed by atoms with Gasteiger partial charge in [-0.25, -0.2) is 9.59 Å². The van der Waals surface area contributed by atoms with E-state index in [1.54, 1.807) is 0 Å². The Morgan fingerprint density at radius 2 is 1.73 bits per heavy atom. The van der Waals surface area contributed by atoms with E-state index in [-0.39, 0.29) is 25.5 Å². The first-order valence-corrected chi connectivity index (χ1v) is 11.1. The summed E-state index contributed by atoms with van der Waals surface area (Å²) in [6.07, 6.45) is -2.61. The highest BCUT2D eigenvalue weighted by Gasteiger charge is 2.59. The molecule has 12 heteroatoms. The van der Waals surface area contributed by atoms with Crippen molar-refractivity contribution in [2.75, 3.05) is 25.5 Å². The second kappa shape index (κ2) is 11.5. The third-order valence-corrected chi connectivity index (χ3v) is 5.67. The summed E-state index contributed by atoms with van der Waals surface area (Å²) >= 11 is 0. The molecule has 0 heterocycles. The third-order valence-electron chi connectivity index (χ3n) is 4.40. The van der Waals surface area contributed by atoms with Crippen molar-refractivity contribution >= 4 is 28.1 Å². The first-order valence-electron chi connectivity index (χ1n) is 9.51. The Hall–Kier alpha value is -1.92. The van der Waals surface area contributed by atoms with Gasteiger partial charge in [0.05, 0.1) is 19.0 Å². The Labute approximate surface area is 177 Å². The molecule has 0 aliphatic rings. The van der Waals surface area contributed by atoms with Gasteiger partial charge in [-0.15, -0.1) is 0 Å². The molecule has 176 valence electrons. The van der Waals surface area contributed by atoms with Crippen molar-refractivity contribution < 1.29 is 46.7 Å². The van der Waals surface area contributed by atoms with E-state index in [0.29, 0.717) is 0 Å². The van der Waals surface area contributed by atoms with Crippen molar-refractivity contribution in [1.29, 1.82) is 0 Å². The largest absolute Gasteiger partial charge is 0.508 e. The maximum atomic E-state index is 12.1. The van der Waals surface area contributed by atoms with Crippen molar-refractivity contribution in [3.8, 4) is 0 Å². The Kier molecular flexibility index (Phi) is 10.7. The molecule has 0 spiro atoms. The summed E-state index contributed by atoms with van der Waals surface area (Å²) < 4.78 is 38.9. The van der Waals surface area contributed by atoms with Gasteiger partial charge in [0.1, 0.15) is 6.10 Å². The lowest BCUT2D eigenvalue weighted by Gasteiger charge is -2.44. The molecule has 0 radical (unpaired) electrons. The van der Waals surface area contributed by atoms with Crippen LogP contribution in [-0.2, 0) is 33.4 Å². The second-order valence-corrected chi connectivity index (χ2v) is 9.54. The lowest BCUT2D eigenvalue weighted by Crippen LogP contribution is -2.63. The van der Waals surface area contributed by atoms with Crippen molar-refractivity contribution in [1.82, 2.24) is 5.32 Å². The van der Waals surface area contributed by atoms with Gasteiger partial charge in [-0.3, -0.25) is 8.98 Å². The topological polar surface area (TPSA) is 166 Å². The van der Waals surface area contributed by atoms with Crippen LogP contribution in [0.1, 0.15) is 48.0 Å². The first kappa shape index (κ1) is 28.1. The Bertz CT molecular complexity index is 704. The van der Waals surface area contributed by atoms with E-state index in [1.165, 1.54) is 41.5 Å². The van der Waals surface area contributed by atoms with E-state index in [9.17, 15) is 33.0 Å². The van der Waals surface area contributed by atoms with Crippen LogP contribution in [0.2, 0.25) is 0 Å². The van der Waals surface area contributed by atoms with Gasteiger partial charge in [-0.1, -0.05) is 27.7 Å². The minimum absolute atomic E-state index is 0.0155. The summed E-state index contributed by atoms with van der Waals surface area (Å²) in [5, 5.41) is 23.3. The quantitative estimate of drug-likeness (QED) is 0.206. The minimum Gasteiger partial charge on any atom is -0.479 e. The molecule has 3 N–H and O–H groups in total. The number of carbonyl (C=O) groups is 3. The summed E-state index contributed by atoms with van der Waals surface area (Å²) in [4.78, 5) is 34.6. The van der Waals surface area contributed by atoms with Crippen LogP contribution in [0.15, 0.2) is 0 Å². The molecule has 0 aliphatic heterocycles. The molecule has 0 saturated heterocycles. The number of amides is 1. The monoisotopic (exact) mass is 455 g/mol. The Morgan fingerprint density at radius 1 is 1.17 bits per heavy atom. The van der Waals surface area contributed by atoms with Crippen LogP contribution in [0, 0.1) is 11.3 Å². The maximum absolute atomic E-state index is 12.1. The lowest BCUT2D eigenvalue weighted by atomic mass is 9.69. The number of carboxylic acids is 1. The van der Waals surface area contributed by atoms with Crippen LogP contribution in [0.5, 0.6) is 0 Å². The van der Waals surface area contributed by atoms with E-state index in [0.717, 1.165) is 0 Å². The normalized spacial score (nSPS) is 15.2. The molecule has 1 amide bonds. The van der Waals surface area contributed by atoms with Crippen molar-refractivity contribution in [3.63, 3.8) is 0 Å². The standard InChI is InChI=1S/C18H33NO10S/c1-7-27-16(23)29-14(12(2)3)18(24,15(21)22)17(5,6)11-28-30(25,26)10-8-9-19-13(4)20/h12,14,24H,7-11H2,1-6H3,(H,19,20)(H,21,22)/t14?,18-/m1/s1. The number of hydrogen-bond acceptors (Lipinski definition) is 9. The summed E-state index contributed by atoms with van der Waals surface area (Å²) in [5.74, 6) is -3.07. The molecular weight excluding hydrogens is 422 g/mol. The number of nitrogens with one attached hydrogen (secondary N) is 1. The zero-order chi connectivity index (χ0) is 23.8. The molecule has 0 bridgehead atoms. The minimum atomic E-state index is -4.06. The smallest absolute Gasteiger partial charge is 0.479 e. The van der Waals surface area contributed by atoms with Crippen LogP contribution in [-0.4, -0.2) is 73.9 Å². The van der Waals surface area contributed by atoms with E-state index in [2.05, 4.69) is 10.1 Å². The van der Waals surface area contributed by atoms with E-state index in [1.807, 2.05) is 0 Å². The summed E-state index contributed by atoms with van der Waals surface area (Å²) in [7, 11) is -4.06. The first-order chi connectivity index (χ1) is 13.6. The van der Waals surface area contributed by atoms with E-state index >= 15 is 0 Å². The van der Waals surface area contributed by atoms with Crippen LogP contribution in [0.4, 0.5) is 4.79 Å². The molecule has 30 heavy (non-hydrogen) atoms. The number of ether oxygens (including phenoxy) is 2. The van der Waals surface area contributed by atoms with Gasteiger partial charge >= 0.3 is 12.1 Å². The number of aliphatic carboxylic acids is 1. The average molecular weight is 456 g/mol. The highest BCUT2D eigenvalue weighted by molar-refractivity contribution is 7.86. The highest BCUT2D eigenvalue weighted by Crippen LogP contribution is 2.39. The van der Waals surface area contributed by atoms with Gasteiger partial charge in [0.15, 0.2) is 0 Å². The van der Waals surface area contributed by atoms with E-state index in [4.69, 9.17) is 8.92 Å². The molecule has 0 saturated carbocycles. The molecule has 0 fully saturated rings. The number of rotatable bonds is 13. The maximum Gasteiger partial charge on any atom is 0.508 e. The van der Waals surface area contributed by atoms with Gasteiger partial charge in [0.25, 0.3) is 10.1 Å². The van der Waals surface area contributed by atoms with Gasteiger partial charge in [0.2, 0.25) is 11.5 Å². The molecule has 0 aromatic carbocycles. The molecule has 0 aliphatic carbocycles. The summed E-state index contributed by atoms with van der Waals surface area (Å²) in [6, 6.07) is 0. The van der Waals surface area contributed by atoms with Gasteiger partial charge in [-0.05, 0) is 19.3 Å². The van der Waals surface area contributed by atoms with Crippen LogP contribution >= 0.6 is 0 Å². The Morgan fingerprint density at radius 3 is 2.17 bits per heavy atom. The Balaban J connectivity index is 5.49. The fourth-order valence-electron chi connectivity index (χ4n) is 2.67. The number of aliphatic hydroxyl groups is 1. The summed E-state index contributed by atoms with van der Waals surface area (Å²) in [5.41, 5.74) is -4.37. The number of carbonyl (C=O) groups excluding carboxylic acids is 2. The second-order valence-electron chi connectivity index (χ2n) is 7.78. The van der Waals surface area contributed by atoms with Crippen molar-refractivity contribution in [2.24, 2.45) is 11.3 Å². The van der Waals surface area contributed by atoms with Crippen molar-refractivity contribution in [2.45, 2.75) is 59.7 Å². The van der Waals surface area contributed by atoms with Gasteiger partial charge in [0, 0.05) is 18.9 Å². The average Bonchev–Trinajstić information content (AvgIpc) is 2.61. The molecule has 2 atom stereocenters. The molecule has 0 aromatic rings. The molecule has 0 aromatic heterocycles. The van der Waals surface area contributed by atoms with Gasteiger partial charge < -0.3 is 25.0 Å². The van der Waals surface area contributed by atoms with E-state index < -0.39 is 57.6 Å². The predicted octanol–water partition coefficient (Wildman–Crippen LogP) is 0.899. The third kappa shape index (κ3) is 8.07.